The zero-order chi connectivity index (χ0) is 15.2. The predicted octanol–water partition coefficient (Wildman–Crippen LogP) is 5.29. The largest absolute Gasteiger partial charge is 0.289 e. The molecular weight excluding hydrogens is 268 g/mol. The Kier molecular flexibility index (Phi) is 4.26. The number of hydrogen-bond acceptors (Lipinski definition) is 1. The Bertz CT molecular complexity index is 842. The summed E-state index contributed by atoms with van der Waals surface area (Å²) in [7, 11) is 0. The number of ketones is 1. The molecule has 3 aromatic rings. The topological polar surface area (TPSA) is 17.1 Å². The predicted molar refractivity (Wildman–Crippen MR) is 92.9 cm³/mol. The lowest BCUT2D eigenvalue weighted by Crippen LogP contribution is -1.92. The van der Waals surface area contributed by atoms with Crippen LogP contribution >= 0.6 is 0 Å². The summed E-state index contributed by atoms with van der Waals surface area (Å²) in [6, 6.07) is 23.9. The van der Waals surface area contributed by atoms with E-state index in [-0.39, 0.29) is 5.78 Å². The highest BCUT2D eigenvalue weighted by molar-refractivity contribution is 6.04. The minimum Gasteiger partial charge on any atom is -0.289 e. The van der Waals surface area contributed by atoms with Crippen LogP contribution < -0.4 is 0 Å². The summed E-state index contributed by atoms with van der Waals surface area (Å²) in [5, 5.41) is 2.45. The average Bonchev–Trinajstić information content (AvgIpc) is 2.59. The van der Waals surface area contributed by atoms with Crippen molar-refractivity contribution >= 4 is 22.6 Å². The molecule has 22 heavy (non-hydrogen) atoms. The molecule has 106 valence electrons. The second-order valence-corrected chi connectivity index (χ2v) is 5.06. The summed E-state index contributed by atoms with van der Waals surface area (Å²) in [5.41, 5.74) is 1.83. The van der Waals surface area contributed by atoms with Gasteiger partial charge in [0.05, 0.1) is 0 Å². The number of rotatable bonds is 4. The number of carbonyl (C=O) groups is 1. The molecule has 0 aliphatic carbocycles. The van der Waals surface area contributed by atoms with Crippen LogP contribution in [0.25, 0.3) is 16.8 Å². The molecular formula is C21H16O. The SMILES string of the molecule is O=C(/C=C/C=C/c1ccc2ccccc2c1)c1ccccc1. The molecule has 0 amide bonds. The Balaban J connectivity index is 1.70. The lowest BCUT2D eigenvalue weighted by atomic mass is 10.1. The fourth-order valence-electron chi connectivity index (χ4n) is 2.32. The molecule has 3 rings (SSSR count). The van der Waals surface area contributed by atoms with Gasteiger partial charge in [0.15, 0.2) is 5.78 Å². The van der Waals surface area contributed by atoms with E-state index in [0.717, 1.165) is 5.56 Å². The molecule has 0 fully saturated rings. The zero-order valence-corrected chi connectivity index (χ0v) is 12.1. The third-order valence-electron chi connectivity index (χ3n) is 3.48. The fourth-order valence-corrected chi connectivity index (χ4v) is 2.32. The van der Waals surface area contributed by atoms with Gasteiger partial charge in [-0.3, -0.25) is 4.79 Å². The Labute approximate surface area is 130 Å². The van der Waals surface area contributed by atoms with E-state index in [1.165, 1.54) is 10.8 Å². The normalized spacial score (nSPS) is 11.5. The van der Waals surface area contributed by atoms with Gasteiger partial charge in [-0.25, -0.2) is 0 Å². The highest BCUT2D eigenvalue weighted by atomic mass is 16.1. The van der Waals surface area contributed by atoms with Crippen molar-refractivity contribution in [2.24, 2.45) is 0 Å². The van der Waals surface area contributed by atoms with Gasteiger partial charge in [-0.2, -0.15) is 0 Å². The van der Waals surface area contributed by atoms with Crippen LogP contribution in [0.3, 0.4) is 0 Å². The number of carbonyl (C=O) groups excluding carboxylic acids is 1. The highest BCUT2D eigenvalue weighted by Gasteiger charge is 1.97. The van der Waals surface area contributed by atoms with E-state index in [9.17, 15) is 4.79 Å². The van der Waals surface area contributed by atoms with Crippen LogP contribution in [-0.4, -0.2) is 5.78 Å². The monoisotopic (exact) mass is 284 g/mol. The van der Waals surface area contributed by atoms with E-state index >= 15 is 0 Å². The van der Waals surface area contributed by atoms with Gasteiger partial charge < -0.3 is 0 Å². The lowest BCUT2D eigenvalue weighted by Gasteiger charge is -1.98. The molecule has 0 saturated carbocycles. The molecule has 3 aromatic carbocycles. The summed E-state index contributed by atoms with van der Waals surface area (Å²) >= 11 is 0. The number of fused-ring (bicyclic) bond motifs is 1. The summed E-state index contributed by atoms with van der Waals surface area (Å²) in [6.07, 6.45) is 7.27. The Morgan fingerprint density at radius 1 is 0.727 bits per heavy atom. The van der Waals surface area contributed by atoms with Gasteiger partial charge in [-0.1, -0.05) is 85.0 Å². The van der Waals surface area contributed by atoms with E-state index in [1.54, 1.807) is 12.2 Å². The maximum absolute atomic E-state index is 11.9. The van der Waals surface area contributed by atoms with Crippen LogP contribution in [0, 0.1) is 0 Å². The van der Waals surface area contributed by atoms with Crippen molar-refractivity contribution in [2.75, 3.05) is 0 Å². The van der Waals surface area contributed by atoms with Crippen LogP contribution in [0.15, 0.2) is 91.0 Å². The van der Waals surface area contributed by atoms with Gasteiger partial charge in [-0.15, -0.1) is 0 Å². The molecule has 1 heteroatoms. The number of benzene rings is 3. The molecule has 0 bridgehead atoms. The second kappa shape index (κ2) is 6.68. The quantitative estimate of drug-likeness (QED) is 0.361. The first-order valence-electron chi connectivity index (χ1n) is 7.26. The molecule has 0 atom stereocenters. The van der Waals surface area contributed by atoms with Crippen molar-refractivity contribution in [2.45, 2.75) is 0 Å². The summed E-state index contributed by atoms with van der Waals surface area (Å²) in [6.45, 7) is 0. The maximum atomic E-state index is 11.9. The lowest BCUT2D eigenvalue weighted by molar-refractivity contribution is 0.104. The highest BCUT2D eigenvalue weighted by Crippen LogP contribution is 2.16. The Morgan fingerprint density at radius 2 is 1.45 bits per heavy atom. The Morgan fingerprint density at radius 3 is 2.27 bits per heavy atom. The standard InChI is InChI=1S/C21H16O/c22-21(19-10-2-1-3-11-19)13-7-4-8-17-14-15-18-9-5-6-12-20(18)16-17/h1-16H/b8-4+,13-7+. The van der Waals surface area contributed by atoms with Crippen molar-refractivity contribution in [3.8, 4) is 0 Å². The van der Waals surface area contributed by atoms with E-state index in [0.29, 0.717) is 5.56 Å². The third-order valence-corrected chi connectivity index (χ3v) is 3.48. The molecule has 0 N–H and O–H groups in total. The molecule has 0 spiro atoms. The first-order valence-corrected chi connectivity index (χ1v) is 7.26. The molecule has 0 heterocycles. The van der Waals surface area contributed by atoms with E-state index < -0.39 is 0 Å². The Hall–Kier alpha value is -2.93. The van der Waals surface area contributed by atoms with Crippen molar-refractivity contribution in [3.05, 3.63) is 102 Å². The van der Waals surface area contributed by atoms with Gasteiger partial charge in [0.25, 0.3) is 0 Å². The van der Waals surface area contributed by atoms with E-state index in [4.69, 9.17) is 0 Å². The molecule has 0 unspecified atom stereocenters. The van der Waals surface area contributed by atoms with Gasteiger partial charge in [0.1, 0.15) is 0 Å². The van der Waals surface area contributed by atoms with Crippen molar-refractivity contribution in [1.29, 1.82) is 0 Å². The van der Waals surface area contributed by atoms with Crippen LogP contribution in [0.2, 0.25) is 0 Å². The van der Waals surface area contributed by atoms with Crippen LogP contribution in [0.1, 0.15) is 15.9 Å². The van der Waals surface area contributed by atoms with Crippen molar-refractivity contribution in [1.82, 2.24) is 0 Å². The van der Waals surface area contributed by atoms with Gasteiger partial charge >= 0.3 is 0 Å². The minimum absolute atomic E-state index is 0.0174. The molecule has 1 nitrogen and oxygen atoms in total. The summed E-state index contributed by atoms with van der Waals surface area (Å²) < 4.78 is 0. The van der Waals surface area contributed by atoms with E-state index in [2.05, 4.69) is 30.3 Å². The average molecular weight is 284 g/mol. The number of hydrogen-bond donors (Lipinski definition) is 0. The number of allylic oxidation sites excluding steroid dienone is 3. The van der Waals surface area contributed by atoms with Gasteiger partial charge in [0.2, 0.25) is 0 Å². The smallest absolute Gasteiger partial charge is 0.185 e. The molecule has 0 aliphatic heterocycles. The van der Waals surface area contributed by atoms with Crippen LogP contribution in [0.4, 0.5) is 0 Å². The van der Waals surface area contributed by atoms with Crippen molar-refractivity contribution in [3.63, 3.8) is 0 Å². The molecule has 0 aromatic heterocycles. The maximum Gasteiger partial charge on any atom is 0.185 e. The first-order chi connectivity index (χ1) is 10.8. The molecule has 0 radical (unpaired) electrons. The van der Waals surface area contributed by atoms with Crippen LogP contribution in [0.5, 0.6) is 0 Å². The zero-order valence-electron chi connectivity index (χ0n) is 12.1. The van der Waals surface area contributed by atoms with Crippen LogP contribution in [-0.2, 0) is 0 Å². The minimum atomic E-state index is 0.0174. The fraction of sp³-hybridized carbons (Fsp3) is 0. The summed E-state index contributed by atoms with van der Waals surface area (Å²) in [4.78, 5) is 11.9. The molecule has 0 saturated heterocycles. The summed E-state index contributed by atoms with van der Waals surface area (Å²) in [5.74, 6) is 0.0174. The second-order valence-electron chi connectivity index (χ2n) is 5.06. The van der Waals surface area contributed by atoms with Gasteiger partial charge in [0, 0.05) is 5.56 Å². The first kappa shape index (κ1) is 14.0. The third kappa shape index (κ3) is 3.39. The molecule has 0 aliphatic rings. The van der Waals surface area contributed by atoms with Crippen molar-refractivity contribution < 1.29 is 4.79 Å². The van der Waals surface area contributed by atoms with E-state index in [1.807, 2.05) is 54.6 Å². The van der Waals surface area contributed by atoms with Gasteiger partial charge in [-0.05, 0) is 28.5 Å².